The lowest BCUT2D eigenvalue weighted by Crippen LogP contribution is -2.19. The summed E-state index contributed by atoms with van der Waals surface area (Å²) in [6.07, 6.45) is 0. The van der Waals surface area contributed by atoms with Crippen molar-refractivity contribution in [2.24, 2.45) is 5.10 Å². The maximum absolute atomic E-state index is 12.5. The smallest absolute Gasteiger partial charge is 0.289 e. The maximum Gasteiger partial charge on any atom is 0.289 e. The highest BCUT2D eigenvalue weighted by Gasteiger charge is 2.11. The first-order valence-corrected chi connectivity index (χ1v) is 10.4. The number of carbonyl (C=O) groups excluding carboxylic acids is 1. The Bertz CT molecular complexity index is 1210. The van der Waals surface area contributed by atoms with E-state index in [1.165, 1.54) is 0 Å². The van der Waals surface area contributed by atoms with E-state index in [-0.39, 0.29) is 5.91 Å². The number of benzene rings is 3. The third-order valence-corrected chi connectivity index (χ3v) is 5.02. The number of carbonyl (C=O) groups is 1. The summed E-state index contributed by atoms with van der Waals surface area (Å²) < 4.78 is 5.44. The van der Waals surface area contributed by atoms with Gasteiger partial charge in [0.1, 0.15) is 11.4 Å². The lowest BCUT2D eigenvalue weighted by molar-refractivity contribution is 0.0950. The molecule has 4 rings (SSSR count). The molecule has 0 fully saturated rings. The van der Waals surface area contributed by atoms with E-state index in [1.54, 1.807) is 6.07 Å². The average Bonchev–Trinajstić information content (AvgIpc) is 3.34. The van der Waals surface area contributed by atoms with Crippen LogP contribution in [0.2, 0.25) is 0 Å². The molecule has 0 atom stereocenters. The summed E-state index contributed by atoms with van der Waals surface area (Å²) in [6, 6.07) is 27.5. The molecule has 4 aromatic rings. The topological polar surface area (TPSA) is 79.4 Å². The molecule has 32 heavy (non-hydrogen) atoms. The van der Waals surface area contributed by atoms with Crippen LogP contribution in [0.15, 0.2) is 90.0 Å². The molecule has 1 amide bonds. The molecular weight excluding hydrogens is 400 g/mol. The SMILES string of the molecule is CCOc1ccc(C(C)=NNC(=O)c2cc(-c3ccc(-c4ccccc4)cc3)n[nH]2)cc1. The van der Waals surface area contributed by atoms with E-state index in [0.717, 1.165) is 28.0 Å². The number of hydrogen-bond donors (Lipinski definition) is 2. The van der Waals surface area contributed by atoms with Crippen molar-refractivity contribution in [3.05, 3.63) is 96.2 Å². The molecule has 2 N–H and O–H groups in total. The van der Waals surface area contributed by atoms with Crippen LogP contribution in [0.5, 0.6) is 5.75 Å². The van der Waals surface area contributed by atoms with E-state index in [2.05, 4.69) is 32.9 Å². The molecule has 1 heterocycles. The minimum absolute atomic E-state index is 0.343. The number of amides is 1. The van der Waals surface area contributed by atoms with Gasteiger partial charge in [0.25, 0.3) is 5.91 Å². The molecule has 0 aliphatic carbocycles. The normalized spacial score (nSPS) is 11.2. The molecule has 6 nitrogen and oxygen atoms in total. The molecule has 0 spiro atoms. The second kappa shape index (κ2) is 9.75. The number of nitrogens with one attached hydrogen (secondary N) is 2. The Morgan fingerprint density at radius 1 is 0.938 bits per heavy atom. The van der Waals surface area contributed by atoms with E-state index in [1.807, 2.05) is 80.6 Å². The van der Waals surface area contributed by atoms with Gasteiger partial charge < -0.3 is 4.74 Å². The molecule has 3 aromatic carbocycles. The molecule has 0 radical (unpaired) electrons. The van der Waals surface area contributed by atoms with E-state index < -0.39 is 0 Å². The fourth-order valence-electron chi connectivity index (χ4n) is 3.27. The standard InChI is InChI=1S/C26H24N4O2/c1-3-32-23-15-13-19(14-16-23)18(2)27-30-26(31)25-17-24(28-29-25)22-11-9-21(10-12-22)20-7-5-4-6-8-20/h4-17H,3H2,1-2H3,(H,28,29)(H,30,31). The third-order valence-electron chi connectivity index (χ3n) is 5.02. The summed E-state index contributed by atoms with van der Waals surface area (Å²) in [6.45, 7) is 4.39. The fourth-order valence-corrected chi connectivity index (χ4v) is 3.27. The second-order valence-corrected chi connectivity index (χ2v) is 7.21. The van der Waals surface area contributed by atoms with E-state index in [0.29, 0.717) is 23.7 Å². The Hall–Kier alpha value is -4.19. The number of nitrogens with zero attached hydrogens (tertiary/aromatic N) is 2. The summed E-state index contributed by atoms with van der Waals surface area (Å²) in [5, 5.41) is 11.3. The largest absolute Gasteiger partial charge is 0.494 e. The van der Waals surface area contributed by atoms with Gasteiger partial charge in [-0.25, -0.2) is 5.43 Å². The predicted molar refractivity (Wildman–Crippen MR) is 127 cm³/mol. The summed E-state index contributed by atoms with van der Waals surface area (Å²) >= 11 is 0. The van der Waals surface area contributed by atoms with Crippen molar-refractivity contribution >= 4 is 11.6 Å². The zero-order chi connectivity index (χ0) is 22.3. The zero-order valence-corrected chi connectivity index (χ0v) is 18.0. The lowest BCUT2D eigenvalue weighted by Gasteiger charge is -2.05. The first-order valence-electron chi connectivity index (χ1n) is 10.4. The summed E-state index contributed by atoms with van der Waals surface area (Å²) in [5.41, 5.74) is 8.42. The first kappa shape index (κ1) is 21.1. The second-order valence-electron chi connectivity index (χ2n) is 7.21. The van der Waals surface area contributed by atoms with Crippen LogP contribution in [0.25, 0.3) is 22.4 Å². The molecule has 0 aliphatic heterocycles. The van der Waals surface area contributed by atoms with Gasteiger partial charge in [0.2, 0.25) is 0 Å². The lowest BCUT2D eigenvalue weighted by atomic mass is 10.0. The van der Waals surface area contributed by atoms with Crippen LogP contribution < -0.4 is 10.2 Å². The van der Waals surface area contributed by atoms with Gasteiger partial charge in [-0.15, -0.1) is 0 Å². The third kappa shape index (κ3) is 4.92. The van der Waals surface area contributed by atoms with Crippen molar-refractivity contribution in [3.8, 4) is 28.1 Å². The average molecular weight is 425 g/mol. The number of rotatable bonds is 7. The van der Waals surface area contributed by atoms with E-state index in [4.69, 9.17) is 4.74 Å². The van der Waals surface area contributed by atoms with Crippen LogP contribution in [0.1, 0.15) is 29.9 Å². The van der Waals surface area contributed by atoms with Gasteiger partial charge in [0.05, 0.1) is 18.0 Å². The van der Waals surface area contributed by atoms with Crippen LogP contribution >= 0.6 is 0 Å². The summed E-state index contributed by atoms with van der Waals surface area (Å²) in [7, 11) is 0. The number of aromatic nitrogens is 2. The van der Waals surface area contributed by atoms with Gasteiger partial charge >= 0.3 is 0 Å². The number of H-pyrrole nitrogens is 1. The maximum atomic E-state index is 12.5. The zero-order valence-electron chi connectivity index (χ0n) is 18.0. The first-order chi connectivity index (χ1) is 15.6. The number of hydrogen-bond acceptors (Lipinski definition) is 4. The Morgan fingerprint density at radius 2 is 1.59 bits per heavy atom. The number of ether oxygens (including phenoxy) is 1. The Kier molecular flexibility index (Phi) is 6.41. The Labute approximate surface area is 187 Å². The fraction of sp³-hybridized carbons (Fsp3) is 0.115. The van der Waals surface area contributed by atoms with Gasteiger partial charge in [-0.2, -0.15) is 10.2 Å². The molecule has 0 bridgehead atoms. The highest BCUT2D eigenvalue weighted by Crippen LogP contribution is 2.24. The van der Waals surface area contributed by atoms with Gasteiger partial charge in [0, 0.05) is 5.56 Å². The Morgan fingerprint density at radius 3 is 2.28 bits per heavy atom. The van der Waals surface area contributed by atoms with Crippen LogP contribution in [-0.4, -0.2) is 28.4 Å². The number of hydrazone groups is 1. The van der Waals surface area contributed by atoms with Crippen LogP contribution in [0, 0.1) is 0 Å². The molecule has 1 aromatic heterocycles. The highest BCUT2D eigenvalue weighted by atomic mass is 16.5. The van der Waals surface area contributed by atoms with Crippen molar-refractivity contribution in [3.63, 3.8) is 0 Å². The quantitative estimate of drug-likeness (QED) is 0.312. The molecule has 160 valence electrons. The van der Waals surface area contributed by atoms with Crippen molar-refractivity contribution in [1.29, 1.82) is 0 Å². The van der Waals surface area contributed by atoms with Gasteiger partial charge in [-0.3, -0.25) is 9.89 Å². The molecule has 0 saturated carbocycles. The molecule has 0 unspecified atom stereocenters. The molecule has 0 saturated heterocycles. The predicted octanol–water partition coefficient (Wildman–Crippen LogP) is 5.30. The summed E-state index contributed by atoms with van der Waals surface area (Å²) in [4.78, 5) is 12.5. The van der Waals surface area contributed by atoms with Crippen LogP contribution in [0.4, 0.5) is 0 Å². The van der Waals surface area contributed by atoms with E-state index in [9.17, 15) is 4.79 Å². The van der Waals surface area contributed by atoms with Crippen molar-refractivity contribution in [1.82, 2.24) is 15.6 Å². The van der Waals surface area contributed by atoms with Crippen LogP contribution in [-0.2, 0) is 0 Å². The van der Waals surface area contributed by atoms with Gasteiger partial charge in [0.15, 0.2) is 0 Å². The highest BCUT2D eigenvalue weighted by molar-refractivity contribution is 6.00. The van der Waals surface area contributed by atoms with Crippen molar-refractivity contribution in [2.75, 3.05) is 6.61 Å². The van der Waals surface area contributed by atoms with Crippen molar-refractivity contribution < 1.29 is 9.53 Å². The molecule has 6 heteroatoms. The molecule has 0 aliphatic rings. The molecular formula is C26H24N4O2. The monoisotopic (exact) mass is 424 g/mol. The van der Waals surface area contributed by atoms with Gasteiger partial charge in [-0.05, 0) is 60.9 Å². The number of aromatic amines is 1. The van der Waals surface area contributed by atoms with Crippen LogP contribution in [0.3, 0.4) is 0 Å². The van der Waals surface area contributed by atoms with Crippen molar-refractivity contribution in [2.45, 2.75) is 13.8 Å². The minimum Gasteiger partial charge on any atom is -0.494 e. The Balaban J connectivity index is 1.41. The van der Waals surface area contributed by atoms with Gasteiger partial charge in [-0.1, -0.05) is 54.6 Å². The minimum atomic E-state index is -0.352. The summed E-state index contributed by atoms with van der Waals surface area (Å²) in [5.74, 6) is 0.449. The van der Waals surface area contributed by atoms with E-state index >= 15 is 0 Å².